The van der Waals surface area contributed by atoms with E-state index in [1.807, 2.05) is 6.07 Å². The number of methoxy groups -OCH3 is 3. The van der Waals surface area contributed by atoms with E-state index in [2.05, 4.69) is 25.5 Å². The third-order valence-electron chi connectivity index (χ3n) is 8.03. The molecule has 2 aromatic carbocycles. The second-order valence-electron chi connectivity index (χ2n) is 11.1. The SMILES string of the molecule is COC(=O)[C@@H]1CCCCN1Cc1ccc(C(=O)Nc2cccc(-c3cccc(NC(=O)c4ccc(C(OC)OC)cn4)c3Cl)c2Cl)nc1. The second kappa shape index (κ2) is 16.1. The van der Waals surface area contributed by atoms with E-state index in [1.165, 1.54) is 27.5 Å². The molecule has 1 atom stereocenters. The molecule has 2 aromatic heterocycles. The number of pyridine rings is 2. The highest BCUT2D eigenvalue weighted by Crippen LogP contribution is 2.40. The van der Waals surface area contributed by atoms with Crippen molar-refractivity contribution in [1.82, 2.24) is 14.9 Å². The van der Waals surface area contributed by atoms with E-state index in [9.17, 15) is 14.4 Å². The first-order valence-corrected chi connectivity index (χ1v) is 16.0. The molecule has 1 fully saturated rings. The fourth-order valence-corrected chi connectivity index (χ4v) is 6.11. The number of likely N-dealkylation sites (tertiary alicyclic amines) is 1. The Bertz CT molecular complexity index is 1770. The smallest absolute Gasteiger partial charge is 0.323 e. The Labute approximate surface area is 288 Å². The van der Waals surface area contributed by atoms with Gasteiger partial charge in [0.25, 0.3) is 11.8 Å². The Morgan fingerprint density at radius 1 is 0.812 bits per heavy atom. The number of carbonyl (C=O) groups excluding carboxylic acids is 3. The maximum absolute atomic E-state index is 13.2. The molecule has 1 aliphatic rings. The van der Waals surface area contributed by atoms with Crippen molar-refractivity contribution in [2.24, 2.45) is 0 Å². The van der Waals surface area contributed by atoms with Gasteiger partial charge in [-0.1, -0.05) is 66.0 Å². The molecule has 1 saturated heterocycles. The van der Waals surface area contributed by atoms with E-state index in [-0.39, 0.29) is 33.4 Å². The zero-order valence-electron chi connectivity index (χ0n) is 26.7. The minimum atomic E-state index is -0.596. The molecule has 48 heavy (non-hydrogen) atoms. The first kappa shape index (κ1) is 34.9. The summed E-state index contributed by atoms with van der Waals surface area (Å²) in [5, 5.41) is 6.15. The van der Waals surface area contributed by atoms with Crippen LogP contribution >= 0.6 is 23.2 Å². The van der Waals surface area contributed by atoms with Gasteiger partial charge in [-0.2, -0.15) is 0 Å². The number of benzene rings is 2. The average molecular weight is 693 g/mol. The molecule has 0 saturated carbocycles. The molecule has 1 aliphatic heterocycles. The summed E-state index contributed by atoms with van der Waals surface area (Å²) >= 11 is 13.6. The summed E-state index contributed by atoms with van der Waals surface area (Å²) in [4.78, 5) is 49.1. The molecule has 13 heteroatoms. The number of carbonyl (C=O) groups is 3. The minimum Gasteiger partial charge on any atom is -0.468 e. The van der Waals surface area contributed by atoms with E-state index in [0.717, 1.165) is 31.4 Å². The van der Waals surface area contributed by atoms with Crippen molar-refractivity contribution in [1.29, 1.82) is 0 Å². The summed E-state index contributed by atoms with van der Waals surface area (Å²) in [5.41, 5.74) is 3.73. The van der Waals surface area contributed by atoms with Gasteiger partial charge in [0.2, 0.25) is 0 Å². The fraction of sp³-hybridized carbons (Fsp3) is 0.286. The van der Waals surface area contributed by atoms with Crippen molar-refractivity contribution in [2.45, 2.75) is 38.1 Å². The van der Waals surface area contributed by atoms with Crippen LogP contribution in [-0.4, -0.2) is 66.6 Å². The van der Waals surface area contributed by atoms with Crippen LogP contribution in [0.2, 0.25) is 10.0 Å². The summed E-state index contributed by atoms with van der Waals surface area (Å²) < 4.78 is 15.4. The number of hydrogen-bond donors (Lipinski definition) is 2. The van der Waals surface area contributed by atoms with Crippen LogP contribution < -0.4 is 10.6 Å². The zero-order valence-corrected chi connectivity index (χ0v) is 28.2. The van der Waals surface area contributed by atoms with Gasteiger partial charge in [0, 0.05) is 49.8 Å². The van der Waals surface area contributed by atoms with Gasteiger partial charge in [-0.15, -0.1) is 0 Å². The number of piperidine rings is 1. The van der Waals surface area contributed by atoms with Crippen LogP contribution in [0.15, 0.2) is 73.1 Å². The topological polar surface area (TPSA) is 132 Å². The Morgan fingerprint density at radius 2 is 1.40 bits per heavy atom. The van der Waals surface area contributed by atoms with Gasteiger partial charge in [0.15, 0.2) is 6.29 Å². The van der Waals surface area contributed by atoms with Crippen LogP contribution in [0, 0.1) is 0 Å². The lowest BCUT2D eigenvalue weighted by Gasteiger charge is -2.33. The summed E-state index contributed by atoms with van der Waals surface area (Å²) in [5.74, 6) is -1.14. The van der Waals surface area contributed by atoms with Crippen LogP contribution in [0.4, 0.5) is 11.4 Å². The molecular weight excluding hydrogens is 657 g/mol. The highest BCUT2D eigenvalue weighted by molar-refractivity contribution is 6.40. The normalized spacial score (nSPS) is 14.8. The number of amides is 2. The predicted octanol–water partition coefficient (Wildman–Crippen LogP) is 6.77. The first-order chi connectivity index (χ1) is 23.2. The standard InChI is InChI=1S/C35H35Cl2N5O6/c1-46-34(45)29-12-4-5-17-42(29)20-21-13-15-27(38-18-21)32(43)40-25-10-6-8-23(30(25)36)24-9-7-11-26(31(24)37)41-33(44)28-16-14-22(19-39-28)35(47-2)48-3/h6-11,13-16,18-19,29,35H,4-5,12,17,20H2,1-3H3,(H,40,43)(H,41,44)/t29-/m0/s1. The third kappa shape index (κ3) is 8.00. The Kier molecular flexibility index (Phi) is 11.7. The maximum Gasteiger partial charge on any atom is 0.323 e. The molecule has 2 N–H and O–H groups in total. The molecule has 4 aromatic rings. The Hall–Kier alpha value is -4.39. The molecule has 0 spiro atoms. The summed E-state index contributed by atoms with van der Waals surface area (Å²) in [6.07, 6.45) is 5.27. The number of rotatable bonds is 11. The number of nitrogens with zero attached hydrogens (tertiary/aromatic N) is 3. The summed E-state index contributed by atoms with van der Waals surface area (Å²) in [7, 11) is 4.42. The predicted molar refractivity (Wildman–Crippen MR) is 183 cm³/mol. The maximum atomic E-state index is 13.2. The molecule has 3 heterocycles. The zero-order chi connectivity index (χ0) is 34.2. The Balaban J connectivity index is 1.27. The lowest BCUT2D eigenvalue weighted by molar-refractivity contribution is -0.148. The monoisotopic (exact) mass is 691 g/mol. The van der Waals surface area contributed by atoms with Gasteiger partial charge < -0.3 is 24.8 Å². The molecule has 0 unspecified atom stereocenters. The van der Waals surface area contributed by atoms with Gasteiger partial charge in [0.1, 0.15) is 17.4 Å². The van der Waals surface area contributed by atoms with Crippen molar-refractivity contribution < 1.29 is 28.6 Å². The Morgan fingerprint density at radius 3 is 1.90 bits per heavy atom. The summed E-state index contributed by atoms with van der Waals surface area (Å²) in [6.45, 7) is 1.31. The van der Waals surface area contributed by atoms with Crippen molar-refractivity contribution in [2.75, 3.05) is 38.5 Å². The van der Waals surface area contributed by atoms with Crippen molar-refractivity contribution in [3.8, 4) is 11.1 Å². The molecule has 2 amide bonds. The fourth-order valence-electron chi connectivity index (χ4n) is 5.56. The molecule has 5 rings (SSSR count). The lowest BCUT2D eigenvalue weighted by Crippen LogP contribution is -2.44. The number of anilines is 2. The number of halogens is 2. The minimum absolute atomic E-state index is 0.174. The number of ether oxygens (including phenoxy) is 3. The number of esters is 1. The highest BCUT2D eigenvalue weighted by Gasteiger charge is 2.29. The number of hydrogen-bond acceptors (Lipinski definition) is 9. The molecule has 0 aliphatic carbocycles. The van der Waals surface area contributed by atoms with Crippen LogP contribution in [-0.2, 0) is 25.5 Å². The highest BCUT2D eigenvalue weighted by atomic mass is 35.5. The van der Waals surface area contributed by atoms with E-state index in [4.69, 9.17) is 37.4 Å². The molecular formula is C35H35Cl2N5O6. The first-order valence-electron chi connectivity index (χ1n) is 15.2. The number of aromatic nitrogens is 2. The van der Waals surface area contributed by atoms with E-state index >= 15 is 0 Å². The van der Waals surface area contributed by atoms with Gasteiger partial charge in [-0.25, -0.2) is 0 Å². The number of nitrogens with one attached hydrogen (secondary N) is 2. The van der Waals surface area contributed by atoms with Gasteiger partial charge in [-0.05, 0) is 49.2 Å². The van der Waals surface area contributed by atoms with E-state index in [0.29, 0.717) is 34.6 Å². The van der Waals surface area contributed by atoms with Crippen molar-refractivity contribution >= 4 is 52.4 Å². The van der Waals surface area contributed by atoms with Crippen LogP contribution in [0.25, 0.3) is 11.1 Å². The van der Waals surface area contributed by atoms with Crippen LogP contribution in [0.1, 0.15) is 57.7 Å². The molecule has 0 radical (unpaired) electrons. The molecule has 0 bridgehead atoms. The second-order valence-corrected chi connectivity index (χ2v) is 11.8. The van der Waals surface area contributed by atoms with Gasteiger partial charge >= 0.3 is 5.97 Å². The van der Waals surface area contributed by atoms with Gasteiger partial charge in [-0.3, -0.25) is 29.3 Å². The van der Waals surface area contributed by atoms with Crippen molar-refractivity contribution in [3.63, 3.8) is 0 Å². The lowest BCUT2D eigenvalue weighted by atomic mass is 10.0. The molecule has 250 valence electrons. The van der Waals surface area contributed by atoms with E-state index in [1.54, 1.807) is 60.8 Å². The molecule has 11 nitrogen and oxygen atoms in total. The van der Waals surface area contributed by atoms with Crippen molar-refractivity contribution in [3.05, 3.63) is 106 Å². The largest absolute Gasteiger partial charge is 0.468 e. The summed E-state index contributed by atoms with van der Waals surface area (Å²) in [6, 6.07) is 16.8. The van der Waals surface area contributed by atoms with Crippen LogP contribution in [0.5, 0.6) is 0 Å². The third-order valence-corrected chi connectivity index (χ3v) is 8.85. The average Bonchev–Trinajstić information content (AvgIpc) is 3.11. The van der Waals surface area contributed by atoms with Gasteiger partial charge in [0.05, 0.1) is 28.5 Å². The van der Waals surface area contributed by atoms with Crippen LogP contribution in [0.3, 0.4) is 0 Å². The quantitative estimate of drug-likeness (QED) is 0.129. The van der Waals surface area contributed by atoms with E-state index < -0.39 is 18.1 Å².